The largest absolute Gasteiger partial charge is 0.449 e. The van der Waals surface area contributed by atoms with Gasteiger partial charge in [0.15, 0.2) is 15.7 Å². The van der Waals surface area contributed by atoms with E-state index in [9.17, 15) is 13.2 Å². The second-order valence-corrected chi connectivity index (χ2v) is 7.17. The van der Waals surface area contributed by atoms with E-state index in [1.807, 2.05) is 0 Å². The summed E-state index contributed by atoms with van der Waals surface area (Å²) in [5.41, 5.74) is 0.621. The average Bonchev–Trinajstić information content (AvgIpc) is 2.62. The molecule has 0 saturated carbocycles. The van der Waals surface area contributed by atoms with Crippen molar-refractivity contribution in [1.82, 2.24) is 4.98 Å². The maximum absolute atomic E-state index is 11.5. The Bertz CT molecular complexity index is 532. The van der Waals surface area contributed by atoms with Crippen LogP contribution >= 0.6 is 0 Å². The lowest BCUT2D eigenvalue weighted by molar-refractivity contribution is -0.116. The molecular formula is C12H17NO4S. The number of hydrogen-bond donors (Lipinski definition) is 0. The number of rotatable bonds is 4. The standard InChI is InChI=1S/C12H17NO4S/c1-9(14)5-11-7-17-12(13-11)6-10-3-2-4-18(15,16)8-10/h7,10H,2-6,8H2,1H3. The summed E-state index contributed by atoms with van der Waals surface area (Å²) in [6.07, 6.45) is 3.90. The van der Waals surface area contributed by atoms with Gasteiger partial charge in [-0.3, -0.25) is 4.79 Å². The van der Waals surface area contributed by atoms with Crippen LogP contribution in [0.2, 0.25) is 0 Å². The van der Waals surface area contributed by atoms with Gasteiger partial charge in [-0.15, -0.1) is 0 Å². The van der Waals surface area contributed by atoms with E-state index in [-0.39, 0.29) is 23.9 Å². The van der Waals surface area contributed by atoms with Gasteiger partial charge in [-0.1, -0.05) is 0 Å². The van der Waals surface area contributed by atoms with Gasteiger partial charge in [0.25, 0.3) is 0 Å². The number of oxazole rings is 1. The maximum Gasteiger partial charge on any atom is 0.194 e. The van der Waals surface area contributed by atoms with Crippen LogP contribution in [0.4, 0.5) is 0 Å². The molecule has 6 heteroatoms. The number of nitrogens with zero attached hydrogens (tertiary/aromatic N) is 1. The zero-order valence-corrected chi connectivity index (χ0v) is 11.2. The summed E-state index contributed by atoms with van der Waals surface area (Å²) < 4.78 is 28.3. The Morgan fingerprint density at radius 2 is 2.33 bits per heavy atom. The first-order chi connectivity index (χ1) is 8.44. The van der Waals surface area contributed by atoms with Crippen LogP contribution in [-0.2, 0) is 27.5 Å². The van der Waals surface area contributed by atoms with Gasteiger partial charge in [-0.25, -0.2) is 13.4 Å². The highest BCUT2D eigenvalue weighted by atomic mass is 32.2. The minimum absolute atomic E-state index is 0.0371. The monoisotopic (exact) mass is 271 g/mol. The summed E-state index contributed by atoms with van der Waals surface area (Å²) in [7, 11) is -2.89. The number of ketones is 1. The summed E-state index contributed by atoms with van der Waals surface area (Å²) in [4.78, 5) is 15.1. The molecule has 0 N–H and O–H groups in total. The van der Waals surface area contributed by atoms with Crippen LogP contribution in [0, 0.1) is 5.92 Å². The Kier molecular flexibility index (Phi) is 3.85. The third-order valence-electron chi connectivity index (χ3n) is 3.05. The van der Waals surface area contributed by atoms with Crippen LogP contribution in [0.15, 0.2) is 10.7 Å². The first kappa shape index (κ1) is 13.3. The van der Waals surface area contributed by atoms with E-state index in [2.05, 4.69) is 4.98 Å². The third-order valence-corrected chi connectivity index (χ3v) is 4.94. The van der Waals surface area contributed by atoms with Crippen molar-refractivity contribution in [2.45, 2.75) is 32.6 Å². The lowest BCUT2D eigenvalue weighted by Gasteiger charge is -2.20. The molecule has 100 valence electrons. The highest BCUT2D eigenvalue weighted by Gasteiger charge is 2.26. The second kappa shape index (κ2) is 5.22. The molecule has 2 rings (SSSR count). The zero-order chi connectivity index (χ0) is 13.2. The summed E-state index contributed by atoms with van der Waals surface area (Å²) >= 11 is 0. The smallest absolute Gasteiger partial charge is 0.194 e. The lowest BCUT2D eigenvalue weighted by atomic mass is 10.0. The van der Waals surface area contributed by atoms with Gasteiger partial charge in [-0.05, 0) is 25.7 Å². The Morgan fingerprint density at radius 1 is 1.56 bits per heavy atom. The topological polar surface area (TPSA) is 77.2 Å². The first-order valence-electron chi connectivity index (χ1n) is 6.08. The quantitative estimate of drug-likeness (QED) is 0.821. The van der Waals surface area contributed by atoms with E-state index >= 15 is 0 Å². The van der Waals surface area contributed by atoms with Gasteiger partial charge in [0.2, 0.25) is 0 Å². The van der Waals surface area contributed by atoms with Crippen molar-refractivity contribution < 1.29 is 17.6 Å². The lowest BCUT2D eigenvalue weighted by Crippen LogP contribution is -2.26. The molecule has 0 bridgehead atoms. The average molecular weight is 271 g/mol. The Hall–Kier alpha value is -1.17. The van der Waals surface area contributed by atoms with Crippen LogP contribution in [0.1, 0.15) is 31.4 Å². The molecule has 0 amide bonds. The highest BCUT2D eigenvalue weighted by Crippen LogP contribution is 2.22. The molecule has 1 aliphatic heterocycles. The normalized spacial score (nSPS) is 22.8. The molecule has 0 spiro atoms. The molecule has 2 heterocycles. The molecule has 1 aromatic rings. The number of carbonyl (C=O) groups excluding carboxylic acids is 1. The van der Waals surface area contributed by atoms with E-state index in [4.69, 9.17) is 4.42 Å². The van der Waals surface area contributed by atoms with Gasteiger partial charge in [0.1, 0.15) is 12.0 Å². The summed E-state index contributed by atoms with van der Waals surface area (Å²) in [5, 5.41) is 0. The van der Waals surface area contributed by atoms with Crippen LogP contribution in [0.25, 0.3) is 0 Å². The number of Topliss-reactive ketones (excluding diaryl/α,β-unsaturated/α-hetero) is 1. The fourth-order valence-corrected chi connectivity index (χ4v) is 4.08. The molecule has 5 nitrogen and oxygen atoms in total. The van der Waals surface area contributed by atoms with Crippen molar-refractivity contribution in [3.05, 3.63) is 17.8 Å². The Labute approximate surface area is 107 Å². The molecule has 0 radical (unpaired) electrons. The van der Waals surface area contributed by atoms with Crippen molar-refractivity contribution in [2.24, 2.45) is 5.92 Å². The second-order valence-electron chi connectivity index (χ2n) is 4.94. The van der Waals surface area contributed by atoms with Crippen LogP contribution in [0.3, 0.4) is 0 Å². The predicted octanol–water partition coefficient (Wildman–Crippen LogP) is 1.17. The highest BCUT2D eigenvalue weighted by molar-refractivity contribution is 7.91. The SMILES string of the molecule is CC(=O)Cc1coc(CC2CCCS(=O)(=O)C2)n1. The molecule has 1 saturated heterocycles. The van der Waals surface area contributed by atoms with Gasteiger partial charge in [0.05, 0.1) is 23.6 Å². The third kappa shape index (κ3) is 3.66. The molecule has 1 aromatic heterocycles. The van der Waals surface area contributed by atoms with Gasteiger partial charge in [-0.2, -0.15) is 0 Å². The Balaban J connectivity index is 1.97. The van der Waals surface area contributed by atoms with E-state index in [1.165, 1.54) is 13.2 Å². The van der Waals surface area contributed by atoms with E-state index in [0.29, 0.717) is 30.2 Å². The van der Waals surface area contributed by atoms with Crippen LogP contribution in [-0.4, -0.2) is 30.7 Å². The summed E-state index contributed by atoms with van der Waals surface area (Å²) in [5.74, 6) is 1.18. The first-order valence-corrected chi connectivity index (χ1v) is 7.90. The van der Waals surface area contributed by atoms with Crippen LogP contribution in [0.5, 0.6) is 0 Å². The van der Waals surface area contributed by atoms with Gasteiger partial charge < -0.3 is 4.42 Å². The molecule has 1 aliphatic rings. The van der Waals surface area contributed by atoms with Crippen LogP contribution < -0.4 is 0 Å². The maximum atomic E-state index is 11.5. The van der Waals surface area contributed by atoms with Gasteiger partial charge in [0, 0.05) is 6.42 Å². The molecule has 1 unspecified atom stereocenters. The predicted molar refractivity (Wildman–Crippen MR) is 66.0 cm³/mol. The van der Waals surface area contributed by atoms with Crippen molar-refractivity contribution >= 4 is 15.6 Å². The van der Waals surface area contributed by atoms with E-state index < -0.39 is 9.84 Å². The fraction of sp³-hybridized carbons (Fsp3) is 0.667. The molecule has 18 heavy (non-hydrogen) atoms. The van der Waals surface area contributed by atoms with E-state index in [1.54, 1.807) is 0 Å². The van der Waals surface area contributed by atoms with Crippen molar-refractivity contribution in [3.8, 4) is 0 Å². The summed E-state index contributed by atoms with van der Waals surface area (Å²) in [6.45, 7) is 1.50. The number of hydrogen-bond acceptors (Lipinski definition) is 5. The number of aromatic nitrogens is 1. The minimum Gasteiger partial charge on any atom is -0.449 e. The van der Waals surface area contributed by atoms with E-state index in [0.717, 1.165) is 6.42 Å². The number of sulfone groups is 1. The van der Waals surface area contributed by atoms with Crippen molar-refractivity contribution in [2.75, 3.05) is 11.5 Å². The van der Waals surface area contributed by atoms with Gasteiger partial charge >= 0.3 is 0 Å². The minimum atomic E-state index is -2.89. The van der Waals surface area contributed by atoms with Crippen molar-refractivity contribution in [1.29, 1.82) is 0 Å². The fourth-order valence-electron chi connectivity index (χ4n) is 2.30. The number of carbonyl (C=O) groups is 1. The zero-order valence-electron chi connectivity index (χ0n) is 10.4. The molecule has 1 atom stereocenters. The molecule has 0 aromatic carbocycles. The Morgan fingerprint density at radius 3 is 3.00 bits per heavy atom. The molecular weight excluding hydrogens is 254 g/mol. The molecule has 1 fully saturated rings. The summed E-state index contributed by atoms with van der Waals surface area (Å²) in [6, 6.07) is 0. The van der Waals surface area contributed by atoms with Crippen molar-refractivity contribution in [3.63, 3.8) is 0 Å². The molecule has 0 aliphatic carbocycles.